The second-order valence-corrected chi connectivity index (χ2v) is 2.15. The number of hydrogen-bond donors (Lipinski definition) is 0. The van der Waals surface area contributed by atoms with Crippen LogP contribution in [0.3, 0.4) is 0 Å². The topological polar surface area (TPSA) is 18.5 Å². The van der Waals surface area contributed by atoms with Gasteiger partial charge in [0.25, 0.3) is 0 Å². The first kappa shape index (κ1) is 9.39. The molecule has 0 aliphatic heterocycles. The summed E-state index contributed by atoms with van der Waals surface area (Å²) >= 11 is 0. The summed E-state index contributed by atoms with van der Waals surface area (Å²) in [6.07, 6.45) is -4.53. The average molecular weight is 186 g/mol. The highest BCUT2D eigenvalue weighted by molar-refractivity contribution is 5.49. The van der Waals surface area contributed by atoms with Crippen molar-refractivity contribution in [3.05, 3.63) is 40.7 Å². The second kappa shape index (κ2) is 3.81. The van der Waals surface area contributed by atoms with E-state index in [-0.39, 0.29) is 0 Å². The molecule has 0 heterocycles. The minimum atomic E-state index is -4.53. The van der Waals surface area contributed by atoms with Crippen molar-refractivity contribution >= 4 is 5.69 Å². The maximum Gasteiger partial charge on any atom is 0.529 e. The van der Waals surface area contributed by atoms with Crippen LogP contribution < -0.4 is 0 Å². The Labute approximate surface area is 72.8 Å². The summed E-state index contributed by atoms with van der Waals surface area (Å²) in [5.74, 6) is 0. The molecule has 0 fully saturated rings. The van der Waals surface area contributed by atoms with Gasteiger partial charge < -0.3 is 0 Å². The second-order valence-electron chi connectivity index (χ2n) is 2.15. The molecule has 0 saturated carbocycles. The third kappa shape index (κ3) is 4.01. The molecule has 0 radical (unpaired) electrons. The van der Waals surface area contributed by atoms with Crippen LogP contribution in [0.4, 0.5) is 18.9 Å². The highest BCUT2D eigenvalue weighted by atomic mass is 19.4. The molecule has 0 N–H and O–H groups in total. The lowest BCUT2D eigenvalue weighted by atomic mass is 10.3. The van der Waals surface area contributed by atoms with E-state index in [4.69, 9.17) is 0 Å². The average Bonchev–Trinajstić information content (AvgIpc) is 2.04. The van der Waals surface area contributed by atoms with Crippen LogP contribution in [0.25, 0.3) is 10.4 Å². The lowest BCUT2D eigenvalue weighted by Crippen LogP contribution is -2.00. The van der Waals surface area contributed by atoms with Gasteiger partial charge in [0, 0.05) is 0 Å². The summed E-state index contributed by atoms with van der Waals surface area (Å²) in [5.41, 5.74) is 3.65. The maximum absolute atomic E-state index is 11.5. The molecule has 1 aromatic rings. The molecule has 1 rings (SSSR count). The van der Waals surface area contributed by atoms with Gasteiger partial charge in [0.05, 0.1) is 0 Å². The fourth-order valence-electron chi connectivity index (χ4n) is 0.634. The van der Waals surface area contributed by atoms with Gasteiger partial charge in [-0.25, -0.2) is 0 Å². The van der Waals surface area contributed by atoms with Gasteiger partial charge in [0.1, 0.15) is 0 Å². The summed E-state index contributed by atoms with van der Waals surface area (Å²) in [7, 11) is 0. The van der Waals surface area contributed by atoms with Gasteiger partial charge in [-0.2, -0.15) is 13.2 Å². The fourth-order valence-corrected chi connectivity index (χ4v) is 0.634. The summed E-state index contributed by atoms with van der Waals surface area (Å²) in [5, 5.41) is 0. The quantitative estimate of drug-likeness (QED) is 0.597. The zero-order chi connectivity index (χ0) is 9.73. The first-order valence-electron chi connectivity index (χ1n) is 3.37. The van der Waals surface area contributed by atoms with Crippen LogP contribution in [-0.4, -0.2) is 6.18 Å². The Balaban J connectivity index is 2.56. The van der Waals surface area contributed by atoms with E-state index in [0.29, 0.717) is 5.69 Å². The van der Waals surface area contributed by atoms with E-state index in [1.54, 1.807) is 30.3 Å². The van der Waals surface area contributed by atoms with Gasteiger partial charge >= 0.3 is 12.2 Å². The van der Waals surface area contributed by atoms with Crippen LogP contribution in [-0.2, 0) is 0 Å². The van der Waals surface area contributed by atoms with Crippen LogP contribution in [0.15, 0.2) is 30.3 Å². The number of alkyl halides is 3. The molecule has 0 unspecified atom stereocenters. The molecule has 0 amide bonds. The normalized spacial score (nSPS) is 10.1. The van der Waals surface area contributed by atoms with Gasteiger partial charge in [0.15, 0.2) is 0 Å². The summed E-state index contributed by atoms with van der Waals surface area (Å²) in [6, 6.07) is 9.06. The van der Waals surface area contributed by atoms with E-state index < -0.39 is 6.18 Å². The van der Waals surface area contributed by atoms with Crippen molar-refractivity contribution < 1.29 is 13.2 Å². The number of rotatable bonds is 1. The molecule has 2 nitrogen and oxygen atoms in total. The molecular formula is C8H5F3N2. The Morgan fingerprint density at radius 1 is 1.15 bits per heavy atom. The first-order valence-corrected chi connectivity index (χ1v) is 3.37. The molecule has 1 aromatic carbocycles. The van der Waals surface area contributed by atoms with Crippen LogP contribution in [0.1, 0.15) is 0 Å². The van der Waals surface area contributed by atoms with Crippen LogP contribution in [0.5, 0.6) is 0 Å². The predicted octanol–water partition coefficient (Wildman–Crippen LogP) is 3.50. The highest BCUT2D eigenvalue weighted by Gasteiger charge is 2.32. The van der Waals surface area contributed by atoms with Crippen molar-refractivity contribution in [3.8, 4) is 6.07 Å². The number of halogens is 3. The molecule has 0 aromatic heterocycles. The van der Waals surface area contributed by atoms with E-state index in [9.17, 15) is 13.2 Å². The molecule has 5 heteroatoms. The van der Waals surface area contributed by atoms with E-state index in [0.717, 1.165) is 6.07 Å². The molecule has 0 atom stereocenters. The largest absolute Gasteiger partial charge is 0.529 e. The lowest BCUT2D eigenvalue weighted by Gasteiger charge is -1.98. The standard InChI is InChI=1S/C8H5F3N2/c9-8(10,11)6-12-13-7-4-2-1-3-5-7/h1-5H. The Morgan fingerprint density at radius 3 is 2.31 bits per heavy atom. The van der Waals surface area contributed by atoms with Gasteiger partial charge in [0.2, 0.25) is 0 Å². The molecule has 0 aliphatic carbocycles. The van der Waals surface area contributed by atoms with Crippen molar-refractivity contribution in [2.45, 2.75) is 6.18 Å². The van der Waals surface area contributed by atoms with E-state index in [2.05, 4.69) is 10.4 Å². The van der Waals surface area contributed by atoms with E-state index in [1.165, 1.54) is 0 Å². The van der Waals surface area contributed by atoms with Crippen LogP contribution >= 0.6 is 0 Å². The molecule has 13 heavy (non-hydrogen) atoms. The summed E-state index contributed by atoms with van der Waals surface area (Å²) < 4.78 is 34.5. The molecule has 0 bridgehead atoms. The Morgan fingerprint density at radius 2 is 1.77 bits per heavy atom. The molecular weight excluding hydrogens is 181 g/mol. The van der Waals surface area contributed by atoms with E-state index in [1.807, 2.05) is 0 Å². The molecule has 0 spiro atoms. The van der Waals surface area contributed by atoms with Gasteiger partial charge in [-0.1, -0.05) is 41.0 Å². The van der Waals surface area contributed by atoms with Gasteiger partial charge in [-0.3, -0.25) is 5.43 Å². The zero-order valence-corrected chi connectivity index (χ0v) is 6.42. The summed E-state index contributed by atoms with van der Waals surface area (Å²) in [6.45, 7) is 0. The summed E-state index contributed by atoms with van der Waals surface area (Å²) in [4.78, 5) is 2.76. The predicted molar refractivity (Wildman–Crippen MR) is 42.8 cm³/mol. The molecule has 68 valence electrons. The highest BCUT2D eigenvalue weighted by Crippen LogP contribution is 2.19. The zero-order valence-electron chi connectivity index (χ0n) is 6.42. The minimum absolute atomic E-state index is 0.360. The van der Waals surface area contributed by atoms with Crippen molar-refractivity contribution in [2.75, 3.05) is 0 Å². The smallest absolute Gasteiger partial charge is 0.278 e. The number of hydrogen-bond acceptors (Lipinski definition) is 0. The number of benzene rings is 1. The third-order valence-electron chi connectivity index (χ3n) is 1.10. The van der Waals surface area contributed by atoms with Crippen molar-refractivity contribution in [1.29, 1.82) is 0 Å². The Hall–Kier alpha value is -1.70. The molecule has 0 saturated heterocycles. The maximum atomic E-state index is 11.5. The van der Waals surface area contributed by atoms with E-state index >= 15 is 0 Å². The third-order valence-corrected chi connectivity index (χ3v) is 1.10. The van der Waals surface area contributed by atoms with Crippen molar-refractivity contribution in [3.63, 3.8) is 0 Å². The lowest BCUT2D eigenvalue weighted by molar-refractivity contribution is -0.0700. The first-order chi connectivity index (χ1) is 6.08. The Bertz CT molecular complexity index is 321. The number of nitrogens with zero attached hydrogens (tertiary/aromatic N) is 2. The van der Waals surface area contributed by atoms with Crippen LogP contribution in [0, 0.1) is 6.07 Å². The van der Waals surface area contributed by atoms with Crippen molar-refractivity contribution in [2.24, 2.45) is 0 Å². The van der Waals surface area contributed by atoms with Crippen LogP contribution in [0.2, 0.25) is 0 Å². The SMILES string of the molecule is FC(F)(F)C#[N+][N-]c1ccccc1. The monoisotopic (exact) mass is 186 g/mol. The Kier molecular flexibility index (Phi) is 2.75. The molecule has 0 aliphatic rings. The fraction of sp³-hybridized carbons (Fsp3) is 0.125. The van der Waals surface area contributed by atoms with Gasteiger partial charge in [-0.15, -0.1) is 0 Å². The van der Waals surface area contributed by atoms with Crippen molar-refractivity contribution in [1.82, 2.24) is 0 Å². The minimum Gasteiger partial charge on any atom is -0.278 e. The van der Waals surface area contributed by atoms with Gasteiger partial charge in [-0.05, 0) is 0 Å².